The van der Waals surface area contributed by atoms with Gasteiger partial charge in [0.25, 0.3) is 0 Å². The molecule has 1 unspecified atom stereocenters. The summed E-state index contributed by atoms with van der Waals surface area (Å²) in [4.78, 5) is 24.8. The second kappa shape index (κ2) is 8.18. The maximum absolute atomic E-state index is 12.5. The van der Waals surface area contributed by atoms with Gasteiger partial charge in [0.2, 0.25) is 0 Å². The number of benzene rings is 2. The molecule has 0 aliphatic carbocycles. The third-order valence-electron chi connectivity index (χ3n) is 4.54. The SMILES string of the molecule is CCOC(=O)C1(O)OC(=O)C(CCc2ccccc2)=C1Cc1ccccc1. The molecule has 1 N–H and O–H groups in total. The summed E-state index contributed by atoms with van der Waals surface area (Å²) in [6.45, 7) is 1.71. The normalized spacial score (nSPS) is 19.1. The van der Waals surface area contributed by atoms with Gasteiger partial charge in [-0.05, 0) is 30.9 Å². The van der Waals surface area contributed by atoms with E-state index in [9.17, 15) is 14.7 Å². The van der Waals surface area contributed by atoms with Crippen LogP contribution in [0.2, 0.25) is 0 Å². The lowest BCUT2D eigenvalue weighted by Gasteiger charge is -2.22. The molecule has 140 valence electrons. The van der Waals surface area contributed by atoms with E-state index in [-0.39, 0.29) is 18.6 Å². The van der Waals surface area contributed by atoms with Gasteiger partial charge in [-0.2, -0.15) is 0 Å². The van der Waals surface area contributed by atoms with Crippen molar-refractivity contribution in [3.05, 3.63) is 82.9 Å². The summed E-state index contributed by atoms with van der Waals surface area (Å²) in [7, 11) is 0. The summed E-state index contributed by atoms with van der Waals surface area (Å²) < 4.78 is 10.1. The summed E-state index contributed by atoms with van der Waals surface area (Å²) in [5.41, 5.74) is 2.51. The van der Waals surface area contributed by atoms with Crippen molar-refractivity contribution in [1.29, 1.82) is 0 Å². The van der Waals surface area contributed by atoms with Gasteiger partial charge in [0.1, 0.15) is 0 Å². The van der Waals surface area contributed by atoms with Gasteiger partial charge in [0.05, 0.1) is 6.61 Å². The molecule has 5 nitrogen and oxygen atoms in total. The molecule has 27 heavy (non-hydrogen) atoms. The van der Waals surface area contributed by atoms with Crippen LogP contribution in [0, 0.1) is 0 Å². The minimum Gasteiger partial charge on any atom is -0.461 e. The Hall–Kier alpha value is -2.92. The lowest BCUT2D eigenvalue weighted by molar-refractivity contribution is -0.207. The molecule has 0 amide bonds. The maximum Gasteiger partial charge on any atom is 0.384 e. The molecule has 0 spiro atoms. The van der Waals surface area contributed by atoms with Crippen LogP contribution in [0.3, 0.4) is 0 Å². The van der Waals surface area contributed by atoms with Gasteiger partial charge in [-0.3, -0.25) is 0 Å². The number of rotatable bonds is 7. The van der Waals surface area contributed by atoms with Crippen molar-refractivity contribution in [3.8, 4) is 0 Å². The first kappa shape index (κ1) is 18.9. The number of aryl methyl sites for hydroxylation is 1. The zero-order valence-corrected chi connectivity index (χ0v) is 15.2. The molecule has 2 aromatic carbocycles. The monoisotopic (exact) mass is 366 g/mol. The van der Waals surface area contributed by atoms with Gasteiger partial charge in [-0.1, -0.05) is 60.7 Å². The van der Waals surface area contributed by atoms with Crippen molar-refractivity contribution >= 4 is 11.9 Å². The first-order valence-corrected chi connectivity index (χ1v) is 8.98. The van der Waals surface area contributed by atoms with Gasteiger partial charge in [0, 0.05) is 17.6 Å². The Morgan fingerprint density at radius 1 is 1.00 bits per heavy atom. The highest BCUT2D eigenvalue weighted by Gasteiger charge is 2.53. The quantitative estimate of drug-likeness (QED) is 0.763. The molecular formula is C22H22O5. The molecule has 0 saturated heterocycles. The summed E-state index contributed by atoms with van der Waals surface area (Å²) in [5.74, 6) is -4.00. The number of aliphatic hydroxyl groups is 1. The highest BCUT2D eigenvalue weighted by atomic mass is 16.7. The van der Waals surface area contributed by atoms with Crippen molar-refractivity contribution < 1.29 is 24.2 Å². The summed E-state index contributed by atoms with van der Waals surface area (Å²) >= 11 is 0. The van der Waals surface area contributed by atoms with E-state index in [2.05, 4.69) is 0 Å². The minimum absolute atomic E-state index is 0.0800. The zero-order valence-electron chi connectivity index (χ0n) is 15.2. The standard InChI is InChI=1S/C22H22O5/c1-2-26-21(24)22(25)19(15-17-11-7-4-8-12-17)18(20(23)27-22)14-13-16-9-5-3-6-10-16/h3-12,25H,2,13-15H2,1H3. The van der Waals surface area contributed by atoms with Gasteiger partial charge in [0.15, 0.2) is 0 Å². The third kappa shape index (κ3) is 4.09. The second-order valence-corrected chi connectivity index (χ2v) is 6.36. The average Bonchev–Trinajstić information content (AvgIpc) is 2.92. The van der Waals surface area contributed by atoms with Gasteiger partial charge < -0.3 is 14.6 Å². The fraction of sp³-hybridized carbons (Fsp3) is 0.273. The Balaban J connectivity index is 1.94. The van der Waals surface area contributed by atoms with Crippen LogP contribution in [0.5, 0.6) is 0 Å². The van der Waals surface area contributed by atoms with E-state index < -0.39 is 17.7 Å². The molecule has 0 aromatic heterocycles. The molecule has 5 heteroatoms. The van der Waals surface area contributed by atoms with Crippen molar-refractivity contribution in [1.82, 2.24) is 0 Å². The van der Waals surface area contributed by atoms with Crippen LogP contribution in [0.15, 0.2) is 71.8 Å². The number of hydrogen-bond donors (Lipinski definition) is 1. The molecule has 0 radical (unpaired) electrons. The Labute approximate surface area is 158 Å². The third-order valence-corrected chi connectivity index (χ3v) is 4.54. The summed E-state index contributed by atoms with van der Waals surface area (Å²) in [6, 6.07) is 19.1. The fourth-order valence-corrected chi connectivity index (χ4v) is 3.17. The van der Waals surface area contributed by atoms with E-state index in [4.69, 9.17) is 9.47 Å². The maximum atomic E-state index is 12.5. The number of cyclic esters (lactones) is 1. The summed E-state index contributed by atoms with van der Waals surface area (Å²) in [6.07, 6.45) is 1.20. The van der Waals surface area contributed by atoms with Crippen molar-refractivity contribution in [2.24, 2.45) is 0 Å². The van der Waals surface area contributed by atoms with E-state index in [1.807, 2.05) is 60.7 Å². The Morgan fingerprint density at radius 2 is 1.59 bits per heavy atom. The number of carbonyl (C=O) groups excluding carboxylic acids is 2. The molecule has 3 rings (SSSR count). The number of ether oxygens (including phenoxy) is 2. The highest BCUT2D eigenvalue weighted by molar-refractivity contribution is 5.99. The van der Waals surface area contributed by atoms with E-state index in [1.54, 1.807) is 6.92 Å². The van der Waals surface area contributed by atoms with Crippen LogP contribution >= 0.6 is 0 Å². The van der Waals surface area contributed by atoms with Gasteiger partial charge in [-0.25, -0.2) is 9.59 Å². The fourth-order valence-electron chi connectivity index (χ4n) is 3.17. The van der Waals surface area contributed by atoms with E-state index in [0.717, 1.165) is 11.1 Å². The Kier molecular flexibility index (Phi) is 5.72. The van der Waals surface area contributed by atoms with Gasteiger partial charge >= 0.3 is 17.7 Å². The predicted octanol–water partition coefficient (Wildman–Crippen LogP) is 2.97. The molecule has 1 aliphatic rings. The predicted molar refractivity (Wildman–Crippen MR) is 99.6 cm³/mol. The van der Waals surface area contributed by atoms with E-state index in [1.165, 1.54) is 0 Å². The highest BCUT2D eigenvalue weighted by Crippen LogP contribution is 2.36. The Bertz CT molecular complexity index is 842. The van der Waals surface area contributed by atoms with Gasteiger partial charge in [-0.15, -0.1) is 0 Å². The van der Waals surface area contributed by atoms with E-state index in [0.29, 0.717) is 18.4 Å². The first-order chi connectivity index (χ1) is 13.0. The topological polar surface area (TPSA) is 72.8 Å². The molecule has 0 fully saturated rings. The molecule has 2 aromatic rings. The number of hydrogen-bond acceptors (Lipinski definition) is 5. The molecule has 1 heterocycles. The molecule has 1 atom stereocenters. The average molecular weight is 366 g/mol. The smallest absolute Gasteiger partial charge is 0.384 e. The largest absolute Gasteiger partial charge is 0.461 e. The zero-order chi connectivity index (χ0) is 19.3. The van der Waals surface area contributed by atoms with Crippen LogP contribution in [0.4, 0.5) is 0 Å². The first-order valence-electron chi connectivity index (χ1n) is 8.98. The van der Waals surface area contributed by atoms with Crippen LogP contribution in [0.25, 0.3) is 0 Å². The van der Waals surface area contributed by atoms with Crippen molar-refractivity contribution in [2.45, 2.75) is 32.0 Å². The molecule has 0 saturated carbocycles. The minimum atomic E-state index is -2.37. The van der Waals surface area contributed by atoms with Crippen LogP contribution in [-0.4, -0.2) is 29.4 Å². The lowest BCUT2D eigenvalue weighted by Crippen LogP contribution is -2.43. The number of esters is 2. The molecule has 1 aliphatic heterocycles. The van der Waals surface area contributed by atoms with Crippen molar-refractivity contribution in [3.63, 3.8) is 0 Å². The molecular weight excluding hydrogens is 344 g/mol. The summed E-state index contributed by atoms with van der Waals surface area (Å²) in [5, 5.41) is 10.9. The lowest BCUT2D eigenvalue weighted by atomic mass is 9.92. The van der Waals surface area contributed by atoms with Crippen LogP contribution in [0.1, 0.15) is 24.5 Å². The van der Waals surface area contributed by atoms with E-state index >= 15 is 0 Å². The molecule has 0 bridgehead atoms. The Morgan fingerprint density at radius 3 is 2.19 bits per heavy atom. The van der Waals surface area contributed by atoms with Crippen LogP contribution < -0.4 is 0 Å². The van der Waals surface area contributed by atoms with Crippen molar-refractivity contribution in [2.75, 3.05) is 6.61 Å². The second-order valence-electron chi connectivity index (χ2n) is 6.36. The number of carbonyl (C=O) groups is 2. The van der Waals surface area contributed by atoms with Crippen LogP contribution in [-0.2, 0) is 31.9 Å².